The first-order valence-electron chi connectivity index (χ1n) is 8.61. The van der Waals surface area contributed by atoms with Crippen LogP contribution in [0.4, 0.5) is 5.69 Å². The summed E-state index contributed by atoms with van der Waals surface area (Å²) in [5.74, 6) is 1.64. The van der Waals surface area contributed by atoms with E-state index >= 15 is 0 Å². The number of rotatable bonds is 3. The molecule has 4 rings (SSSR count). The van der Waals surface area contributed by atoms with Crippen LogP contribution in [0.3, 0.4) is 0 Å². The fourth-order valence-electron chi connectivity index (χ4n) is 3.58. The molecule has 2 aromatic rings. The Kier molecular flexibility index (Phi) is 3.96. The van der Waals surface area contributed by atoms with Crippen molar-refractivity contribution in [3.8, 4) is 11.5 Å². The number of ether oxygens (including phenoxy) is 2. The van der Waals surface area contributed by atoms with Crippen LogP contribution in [-0.2, 0) is 17.6 Å². The van der Waals surface area contributed by atoms with Gasteiger partial charge in [-0.25, -0.2) is 0 Å². The number of benzene rings is 2. The maximum atomic E-state index is 12.6. The van der Waals surface area contributed by atoms with Crippen molar-refractivity contribution in [2.24, 2.45) is 0 Å². The molecular weight excluding hydrogens is 314 g/mol. The SMILES string of the molecule is COc1cc2c(cc1/C=C/C(=O)N1CCc3ccccc31)OC(C)C2. The van der Waals surface area contributed by atoms with Gasteiger partial charge in [-0.05, 0) is 43.2 Å². The molecule has 0 N–H and O–H groups in total. The molecule has 1 unspecified atom stereocenters. The van der Waals surface area contributed by atoms with Gasteiger partial charge >= 0.3 is 0 Å². The summed E-state index contributed by atoms with van der Waals surface area (Å²) in [6.45, 7) is 2.78. The zero-order chi connectivity index (χ0) is 17.4. The molecule has 2 aliphatic heterocycles. The fraction of sp³-hybridized carbons (Fsp3) is 0.286. The molecule has 4 heteroatoms. The molecule has 1 atom stereocenters. The van der Waals surface area contributed by atoms with Gasteiger partial charge in [0, 0.05) is 35.9 Å². The molecule has 0 fully saturated rings. The Bertz CT molecular complexity index is 856. The van der Waals surface area contributed by atoms with E-state index in [2.05, 4.69) is 13.0 Å². The van der Waals surface area contributed by atoms with E-state index in [1.165, 1.54) is 5.56 Å². The highest BCUT2D eigenvalue weighted by atomic mass is 16.5. The Labute approximate surface area is 147 Å². The van der Waals surface area contributed by atoms with Gasteiger partial charge in [0.25, 0.3) is 5.91 Å². The Balaban J connectivity index is 1.58. The van der Waals surface area contributed by atoms with E-state index in [1.807, 2.05) is 41.3 Å². The summed E-state index contributed by atoms with van der Waals surface area (Å²) in [5, 5.41) is 0. The van der Waals surface area contributed by atoms with Crippen LogP contribution in [0.2, 0.25) is 0 Å². The van der Waals surface area contributed by atoms with Crippen molar-refractivity contribution < 1.29 is 14.3 Å². The first-order valence-corrected chi connectivity index (χ1v) is 8.61. The van der Waals surface area contributed by atoms with Gasteiger partial charge < -0.3 is 14.4 Å². The number of amides is 1. The van der Waals surface area contributed by atoms with Crippen LogP contribution in [0.5, 0.6) is 11.5 Å². The topological polar surface area (TPSA) is 38.8 Å². The minimum atomic E-state index is -0.0122. The van der Waals surface area contributed by atoms with E-state index in [-0.39, 0.29) is 12.0 Å². The first-order chi connectivity index (χ1) is 12.2. The van der Waals surface area contributed by atoms with E-state index in [9.17, 15) is 4.79 Å². The average Bonchev–Trinajstić information content (AvgIpc) is 3.20. The zero-order valence-corrected chi connectivity index (χ0v) is 14.5. The van der Waals surface area contributed by atoms with E-state index in [1.54, 1.807) is 13.2 Å². The summed E-state index contributed by atoms with van der Waals surface area (Å²) >= 11 is 0. The maximum Gasteiger partial charge on any atom is 0.251 e. The smallest absolute Gasteiger partial charge is 0.251 e. The molecule has 0 radical (unpaired) electrons. The minimum Gasteiger partial charge on any atom is -0.496 e. The minimum absolute atomic E-state index is 0.0122. The van der Waals surface area contributed by atoms with Gasteiger partial charge in [-0.3, -0.25) is 4.79 Å². The lowest BCUT2D eigenvalue weighted by Crippen LogP contribution is -2.26. The summed E-state index contributed by atoms with van der Waals surface area (Å²) in [6.07, 6.45) is 5.41. The normalized spacial score (nSPS) is 18.2. The lowest BCUT2D eigenvalue weighted by molar-refractivity contribution is -0.114. The van der Waals surface area contributed by atoms with Gasteiger partial charge in [0.15, 0.2) is 0 Å². The summed E-state index contributed by atoms with van der Waals surface area (Å²) in [5.41, 5.74) is 4.24. The Hall–Kier alpha value is -2.75. The highest BCUT2D eigenvalue weighted by Crippen LogP contribution is 2.35. The van der Waals surface area contributed by atoms with Crippen molar-refractivity contribution in [1.82, 2.24) is 0 Å². The molecule has 0 spiro atoms. The third-order valence-corrected chi connectivity index (χ3v) is 4.81. The van der Waals surface area contributed by atoms with Crippen LogP contribution in [-0.4, -0.2) is 25.7 Å². The third-order valence-electron chi connectivity index (χ3n) is 4.81. The van der Waals surface area contributed by atoms with Gasteiger partial charge in [0.1, 0.15) is 17.6 Å². The van der Waals surface area contributed by atoms with Crippen LogP contribution >= 0.6 is 0 Å². The largest absolute Gasteiger partial charge is 0.496 e. The maximum absolute atomic E-state index is 12.6. The zero-order valence-electron chi connectivity index (χ0n) is 14.5. The van der Waals surface area contributed by atoms with E-state index in [0.29, 0.717) is 0 Å². The van der Waals surface area contributed by atoms with Crippen LogP contribution in [0.1, 0.15) is 23.6 Å². The number of carbonyl (C=O) groups excluding carboxylic acids is 1. The molecule has 1 amide bonds. The van der Waals surface area contributed by atoms with Crippen LogP contribution < -0.4 is 14.4 Å². The van der Waals surface area contributed by atoms with Crippen molar-refractivity contribution in [3.63, 3.8) is 0 Å². The van der Waals surface area contributed by atoms with Gasteiger partial charge in [-0.15, -0.1) is 0 Å². The number of hydrogen-bond donors (Lipinski definition) is 0. The fourth-order valence-corrected chi connectivity index (χ4v) is 3.58. The molecular formula is C21H21NO3. The first kappa shape index (κ1) is 15.8. The van der Waals surface area contributed by atoms with Crippen molar-refractivity contribution in [3.05, 3.63) is 59.2 Å². The lowest BCUT2D eigenvalue weighted by Gasteiger charge is -2.15. The molecule has 0 saturated heterocycles. The molecule has 0 bridgehead atoms. The molecule has 0 aromatic heterocycles. The Morgan fingerprint density at radius 1 is 1.28 bits per heavy atom. The molecule has 2 aromatic carbocycles. The molecule has 2 heterocycles. The summed E-state index contributed by atoms with van der Waals surface area (Å²) in [7, 11) is 1.65. The predicted octanol–water partition coefficient (Wildman–Crippen LogP) is 3.62. The molecule has 4 nitrogen and oxygen atoms in total. The molecule has 128 valence electrons. The predicted molar refractivity (Wildman–Crippen MR) is 98.3 cm³/mol. The monoisotopic (exact) mass is 335 g/mol. The number of methoxy groups -OCH3 is 1. The number of fused-ring (bicyclic) bond motifs is 2. The molecule has 0 aliphatic carbocycles. The van der Waals surface area contributed by atoms with Crippen molar-refractivity contribution >= 4 is 17.7 Å². The van der Waals surface area contributed by atoms with Gasteiger partial charge in [-0.2, -0.15) is 0 Å². The number of anilines is 1. The average molecular weight is 335 g/mol. The van der Waals surface area contributed by atoms with Crippen LogP contribution in [0.25, 0.3) is 6.08 Å². The Morgan fingerprint density at radius 2 is 2.12 bits per heavy atom. The van der Waals surface area contributed by atoms with Gasteiger partial charge in [0.2, 0.25) is 0 Å². The molecule has 0 saturated carbocycles. The van der Waals surface area contributed by atoms with Gasteiger partial charge in [0.05, 0.1) is 7.11 Å². The number of nitrogens with zero attached hydrogens (tertiary/aromatic N) is 1. The van der Waals surface area contributed by atoms with Crippen LogP contribution in [0, 0.1) is 0 Å². The highest BCUT2D eigenvalue weighted by molar-refractivity contribution is 6.05. The molecule has 25 heavy (non-hydrogen) atoms. The molecule has 2 aliphatic rings. The quantitative estimate of drug-likeness (QED) is 0.804. The second kappa shape index (κ2) is 6.28. The van der Waals surface area contributed by atoms with E-state index < -0.39 is 0 Å². The highest BCUT2D eigenvalue weighted by Gasteiger charge is 2.23. The van der Waals surface area contributed by atoms with E-state index in [4.69, 9.17) is 9.47 Å². The second-order valence-corrected chi connectivity index (χ2v) is 6.54. The summed E-state index contributed by atoms with van der Waals surface area (Å²) in [6, 6.07) is 12.0. The third kappa shape index (κ3) is 2.88. The Morgan fingerprint density at radius 3 is 2.96 bits per heavy atom. The number of hydrogen-bond acceptors (Lipinski definition) is 3. The summed E-state index contributed by atoms with van der Waals surface area (Å²) < 4.78 is 11.3. The van der Waals surface area contributed by atoms with E-state index in [0.717, 1.165) is 47.7 Å². The van der Waals surface area contributed by atoms with Gasteiger partial charge in [-0.1, -0.05) is 18.2 Å². The lowest BCUT2D eigenvalue weighted by atomic mass is 10.1. The standard InChI is InChI=1S/C21H21NO3/c1-14-11-17-13-19(24-2)16(12-20(17)25-14)7-8-21(23)22-10-9-15-5-3-4-6-18(15)22/h3-8,12-14H,9-11H2,1-2H3/b8-7+. The van der Waals surface area contributed by atoms with Crippen molar-refractivity contribution in [2.45, 2.75) is 25.9 Å². The van der Waals surface area contributed by atoms with Crippen molar-refractivity contribution in [1.29, 1.82) is 0 Å². The number of para-hydroxylation sites is 1. The number of carbonyl (C=O) groups is 1. The van der Waals surface area contributed by atoms with Crippen molar-refractivity contribution in [2.75, 3.05) is 18.6 Å². The summed E-state index contributed by atoms with van der Waals surface area (Å²) in [4.78, 5) is 14.5. The van der Waals surface area contributed by atoms with Crippen LogP contribution in [0.15, 0.2) is 42.5 Å². The second-order valence-electron chi connectivity index (χ2n) is 6.54.